The van der Waals surface area contributed by atoms with Crippen molar-refractivity contribution in [3.05, 3.63) is 83.5 Å². The van der Waals surface area contributed by atoms with E-state index in [0.29, 0.717) is 27.9 Å². The average molecular weight is 422 g/mol. The standard InChI is InChI=1S/C22H20ClN5O2/c1-15(2)27(14-20-25-26-21(30-20)18-6-3-4-7-19(18)23)22(29)16-8-10-17(11-9-16)28-13-5-12-24-28/h3-13,15H,14H2,1-2H3. The molecule has 4 rings (SSSR count). The third kappa shape index (κ3) is 4.11. The highest BCUT2D eigenvalue weighted by Gasteiger charge is 2.22. The van der Waals surface area contributed by atoms with E-state index in [-0.39, 0.29) is 18.5 Å². The van der Waals surface area contributed by atoms with Gasteiger partial charge in [0.05, 0.1) is 22.8 Å². The molecule has 2 heterocycles. The summed E-state index contributed by atoms with van der Waals surface area (Å²) in [5.74, 6) is 0.560. The topological polar surface area (TPSA) is 77.0 Å². The fourth-order valence-corrected chi connectivity index (χ4v) is 3.26. The van der Waals surface area contributed by atoms with E-state index < -0.39 is 0 Å². The lowest BCUT2D eigenvalue weighted by molar-refractivity contribution is 0.0672. The van der Waals surface area contributed by atoms with E-state index in [9.17, 15) is 4.79 Å². The lowest BCUT2D eigenvalue weighted by atomic mass is 10.1. The van der Waals surface area contributed by atoms with Gasteiger partial charge in [-0.1, -0.05) is 23.7 Å². The zero-order valence-corrected chi connectivity index (χ0v) is 17.3. The van der Waals surface area contributed by atoms with Crippen molar-refractivity contribution in [2.45, 2.75) is 26.4 Å². The van der Waals surface area contributed by atoms with Gasteiger partial charge in [0.25, 0.3) is 5.91 Å². The zero-order chi connectivity index (χ0) is 21.1. The molecule has 0 radical (unpaired) electrons. The van der Waals surface area contributed by atoms with E-state index >= 15 is 0 Å². The van der Waals surface area contributed by atoms with Gasteiger partial charge in [0.15, 0.2) is 0 Å². The lowest BCUT2D eigenvalue weighted by Crippen LogP contribution is -2.36. The number of nitrogens with zero attached hydrogens (tertiary/aromatic N) is 5. The van der Waals surface area contributed by atoms with Gasteiger partial charge in [-0.05, 0) is 56.3 Å². The molecule has 0 spiro atoms. The summed E-state index contributed by atoms with van der Waals surface area (Å²) in [6, 6.07) is 16.4. The number of halogens is 1. The monoisotopic (exact) mass is 421 g/mol. The molecule has 0 fully saturated rings. The highest BCUT2D eigenvalue weighted by molar-refractivity contribution is 6.33. The third-order valence-corrected chi connectivity index (χ3v) is 4.97. The molecule has 0 aliphatic carbocycles. The van der Waals surface area contributed by atoms with Gasteiger partial charge in [-0.25, -0.2) is 4.68 Å². The minimum Gasteiger partial charge on any atom is -0.419 e. The molecule has 1 amide bonds. The molecule has 7 nitrogen and oxygen atoms in total. The Morgan fingerprint density at radius 1 is 1.10 bits per heavy atom. The molecule has 30 heavy (non-hydrogen) atoms. The molecule has 2 aromatic heterocycles. The van der Waals surface area contributed by atoms with Crippen molar-refractivity contribution < 1.29 is 9.21 Å². The smallest absolute Gasteiger partial charge is 0.254 e. The minimum absolute atomic E-state index is 0.0565. The van der Waals surface area contributed by atoms with Gasteiger partial charge in [0.2, 0.25) is 11.8 Å². The number of amides is 1. The van der Waals surface area contributed by atoms with Gasteiger partial charge in [-0.2, -0.15) is 5.10 Å². The maximum atomic E-state index is 13.1. The quantitative estimate of drug-likeness (QED) is 0.453. The SMILES string of the molecule is CC(C)N(Cc1nnc(-c2ccccc2Cl)o1)C(=O)c1ccc(-n2cccn2)cc1. The number of hydrogen-bond donors (Lipinski definition) is 0. The van der Waals surface area contributed by atoms with Gasteiger partial charge in [-0.15, -0.1) is 10.2 Å². The average Bonchev–Trinajstić information content (AvgIpc) is 3.44. The van der Waals surface area contributed by atoms with Crippen molar-refractivity contribution in [2.75, 3.05) is 0 Å². The van der Waals surface area contributed by atoms with Crippen molar-refractivity contribution in [1.82, 2.24) is 24.9 Å². The van der Waals surface area contributed by atoms with Crippen LogP contribution >= 0.6 is 11.6 Å². The van der Waals surface area contributed by atoms with Crippen LogP contribution in [0.2, 0.25) is 5.02 Å². The Balaban J connectivity index is 1.53. The van der Waals surface area contributed by atoms with Crippen LogP contribution in [0.25, 0.3) is 17.1 Å². The second-order valence-corrected chi connectivity index (χ2v) is 7.41. The van der Waals surface area contributed by atoms with E-state index in [1.807, 2.05) is 56.4 Å². The Bertz CT molecular complexity index is 1140. The molecule has 0 aliphatic heterocycles. The molecule has 0 unspecified atom stereocenters. The summed E-state index contributed by atoms with van der Waals surface area (Å²) in [5.41, 5.74) is 2.12. The summed E-state index contributed by atoms with van der Waals surface area (Å²) in [7, 11) is 0. The van der Waals surface area contributed by atoms with Crippen molar-refractivity contribution in [1.29, 1.82) is 0 Å². The Morgan fingerprint density at radius 2 is 1.87 bits per heavy atom. The molecular weight excluding hydrogens is 402 g/mol. The third-order valence-electron chi connectivity index (χ3n) is 4.64. The number of benzene rings is 2. The van der Waals surface area contributed by atoms with Gasteiger partial charge >= 0.3 is 0 Å². The fourth-order valence-electron chi connectivity index (χ4n) is 3.04. The van der Waals surface area contributed by atoms with Crippen LogP contribution in [-0.2, 0) is 6.54 Å². The first-order valence-electron chi connectivity index (χ1n) is 9.51. The van der Waals surface area contributed by atoms with Crippen LogP contribution in [0.1, 0.15) is 30.1 Å². The van der Waals surface area contributed by atoms with Crippen LogP contribution in [0.3, 0.4) is 0 Å². The highest BCUT2D eigenvalue weighted by atomic mass is 35.5. The summed E-state index contributed by atoms with van der Waals surface area (Å²) in [6.07, 6.45) is 3.56. The molecule has 0 N–H and O–H groups in total. The minimum atomic E-state index is -0.116. The molecule has 0 saturated heterocycles. The van der Waals surface area contributed by atoms with E-state index in [1.165, 1.54) is 0 Å². The molecule has 8 heteroatoms. The van der Waals surface area contributed by atoms with Crippen LogP contribution in [0.5, 0.6) is 0 Å². The first-order chi connectivity index (χ1) is 14.5. The van der Waals surface area contributed by atoms with Crippen molar-refractivity contribution in [3.8, 4) is 17.1 Å². The molecule has 0 bridgehead atoms. The normalized spacial score (nSPS) is 11.1. The van der Waals surface area contributed by atoms with Crippen LogP contribution < -0.4 is 0 Å². The molecule has 152 valence electrons. The predicted molar refractivity (Wildman–Crippen MR) is 113 cm³/mol. The lowest BCUT2D eigenvalue weighted by Gasteiger charge is -2.25. The molecule has 0 saturated carbocycles. The van der Waals surface area contributed by atoms with E-state index in [0.717, 1.165) is 5.69 Å². The molecular formula is C22H20ClN5O2. The fraction of sp³-hybridized carbons (Fsp3) is 0.182. The van der Waals surface area contributed by atoms with E-state index in [4.69, 9.17) is 16.0 Å². The maximum Gasteiger partial charge on any atom is 0.254 e. The zero-order valence-electron chi connectivity index (χ0n) is 16.6. The van der Waals surface area contributed by atoms with Crippen LogP contribution in [0, 0.1) is 0 Å². The van der Waals surface area contributed by atoms with Crippen molar-refractivity contribution in [2.24, 2.45) is 0 Å². The predicted octanol–water partition coefficient (Wildman–Crippen LogP) is 4.63. The number of hydrogen-bond acceptors (Lipinski definition) is 5. The molecule has 2 aromatic carbocycles. The highest BCUT2D eigenvalue weighted by Crippen LogP contribution is 2.26. The second-order valence-electron chi connectivity index (χ2n) is 7.01. The Morgan fingerprint density at radius 3 is 2.53 bits per heavy atom. The van der Waals surface area contributed by atoms with Gasteiger partial charge in [0, 0.05) is 24.0 Å². The number of rotatable bonds is 6. The Hall–Kier alpha value is -3.45. The van der Waals surface area contributed by atoms with Crippen molar-refractivity contribution >= 4 is 17.5 Å². The molecule has 4 aromatic rings. The molecule has 0 aliphatic rings. The van der Waals surface area contributed by atoms with Crippen LogP contribution in [0.15, 0.2) is 71.4 Å². The van der Waals surface area contributed by atoms with Gasteiger partial charge in [-0.3, -0.25) is 4.79 Å². The number of carbonyl (C=O) groups excluding carboxylic acids is 1. The van der Waals surface area contributed by atoms with Crippen LogP contribution in [0.4, 0.5) is 0 Å². The number of carbonyl (C=O) groups is 1. The molecule has 0 atom stereocenters. The number of aromatic nitrogens is 4. The first kappa shape index (κ1) is 19.8. The van der Waals surface area contributed by atoms with E-state index in [1.54, 1.807) is 34.0 Å². The summed E-state index contributed by atoms with van der Waals surface area (Å²) >= 11 is 6.21. The summed E-state index contributed by atoms with van der Waals surface area (Å²) in [6.45, 7) is 4.09. The summed E-state index contributed by atoms with van der Waals surface area (Å²) < 4.78 is 7.51. The van der Waals surface area contributed by atoms with E-state index in [2.05, 4.69) is 15.3 Å². The second kappa shape index (κ2) is 8.51. The summed E-state index contributed by atoms with van der Waals surface area (Å²) in [5, 5.41) is 12.9. The van der Waals surface area contributed by atoms with Gasteiger partial charge in [0.1, 0.15) is 0 Å². The van der Waals surface area contributed by atoms with Gasteiger partial charge < -0.3 is 9.32 Å². The van der Waals surface area contributed by atoms with Crippen molar-refractivity contribution in [3.63, 3.8) is 0 Å². The van der Waals surface area contributed by atoms with Crippen LogP contribution in [-0.4, -0.2) is 36.8 Å². The largest absolute Gasteiger partial charge is 0.419 e. The maximum absolute atomic E-state index is 13.1. The first-order valence-corrected chi connectivity index (χ1v) is 9.89. The Kier molecular flexibility index (Phi) is 5.63. The Labute approximate surface area is 178 Å². The summed E-state index contributed by atoms with van der Waals surface area (Å²) in [4.78, 5) is 14.8.